The van der Waals surface area contributed by atoms with Gasteiger partial charge in [-0.2, -0.15) is 21.6 Å². The molecule has 1 amide bonds. The van der Waals surface area contributed by atoms with Crippen molar-refractivity contribution < 1.29 is 56.1 Å². The van der Waals surface area contributed by atoms with Crippen LogP contribution in [0.4, 0.5) is 18.0 Å². The van der Waals surface area contributed by atoms with Crippen molar-refractivity contribution in [1.29, 1.82) is 0 Å². The standard InChI is InChI=1S/C9H8F3NO5S.Li.H/c1-17-6-2-4-7(5-3-6)18-8(14)13-19(15,16)9(10,11)12;;/h2-5H,1H3,(H,13,14);;/q;+1;-1. The van der Waals surface area contributed by atoms with Crippen LogP contribution in [-0.2, 0) is 10.0 Å². The van der Waals surface area contributed by atoms with Gasteiger partial charge in [-0.3, -0.25) is 0 Å². The quantitative estimate of drug-likeness (QED) is 0.706. The van der Waals surface area contributed by atoms with Gasteiger partial charge >= 0.3 is 40.5 Å². The van der Waals surface area contributed by atoms with E-state index in [2.05, 4.69) is 4.74 Å². The van der Waals surface area contributed by atoms with E-state index < -0.39 is 21.6 Å². The van der Waals surface area contributed by atoms with Crippen LogP contribution in [0.2, 0.25) is 0 Å². The molecule has 108 valence electrons. The van der Waals surface area contributed by atoms with Gasteiger partial charge in [-0.05, 0) is 24.3 Å². The van der Waals surface area contributed by atoms with Crippen molar-refractivity contribution in [3.8, 4) is 11.5 Å². The molecule has 0 aliphatic rings. The summed E-state index contributed by atoms with van der Waals surface area (Å²) in [5.74, 6) is 0.284. The number of ether oxygens (including phenoxy) is 2. The Hall–Kier alpha value is -1.37. The number of alkyl halides is 3. The van der Waals surface area contributed by atoms with Gasteiger partial charge in [0.15, 0.2) is 0 Å². The first-order valence-corrected chi connectivity index (χ1v) is 6.09. The number of carbonyl (C=O) groups is 1. The summed E-state index contributed by atoms with van der Waals surface area (Å²) >= 11 is 0. The van der Waals surface area contributed by atoms with Gasteiger partial charge in [0.25, 0.3) is 0 Å². The summed E-state index contributed by atoms with van der Waals surface area (Å²) in [5.41, 5.74) is -5.59. The Morgan fingerprint density at radius 3 is 2.05 bits per heavy atom. The Morgan fingerprint density at radius 1 is 1.20 bits per heavy atom. The maximum atomic E-state index is 12.0. The molecule has 11 heteroatoms. The Bertz CT molecular complexity index is 564. The number of hydrogen-bond acceptors (Lipinski definition) is 5. The largest absolute Gasteiger partial charge is 1.00 e. The van der Waals surface area contributed by atoms with Crippen LogP contribution in [0.25, 0.3) is 0 Å². The number of rotatable bonds is 3. The Morgan fingerprint density at radius 2 is 1.65 bits per heavy atom. The normalized spacial score (nSPS) is 11.2. The molecule has 20 heavy (non-hydrogen) atoms. The van der Waals surface area contributed by atoms with Crippen molar-refractivity contribution >= 4 is 16.1 Å². The fourth-order valence-electron chi connectivity index (χ4n) is 0.939. The first-order chi connectivity index (χ1) is 8.65. The molecule has 0 saturated carbocycles. The van der Waals surface area contributed by atoms with E-state index in [1.807, 2.05) is 0 Å². The first-order valence-electron chi connectivity index (χ1n) is 4.60. The third-order valence-electron chi connectivity index (χ3n) is 1.79. The topological polar surface area (TPSA) is 81.7 Å². The maximum Gasteiger partial charge on any atom is 1.00 e. The Kier molecular flexibility index (Phi) is 6.40. The van der Waals surface area contributed by atoms with Gasteiger partial charge in [0.05, 0.1) is 7.11 Å². The first kappa shape index (κ1) is 18.6. The van der Waals surface area contributed by atoms with Crippen LogP contribution in [0.5, 0.6) is 11.5 Å². The fourth-order valence-corrected chi connectivity index (χ4v) is 1.32. The predicted octanol–water partition coefficient (Wildman–Crippen LogP) is -1.25. The molecular weight excluding hydrogens is 298 g/mol. The number of benzene rings is 1. The molecule has 0 radical (unpaired) electrons. The molecule has 0 aliphatic heterocycles. The number of halogens is 3. The van der Waals surface area contributed by atoms with Gasteiger partial charge in [-0.1, -0.05) is 0 Å². The summed E-state index contributed by atoms with van der Waals surface area (Å²) in [7, 11) is -4.39. The van der Waals surface area contributed by atoms with E-state index in [4.69, 9.17) is 4.74 Å². The summed E-state index contributed by atoms with van der Waals surface area (Å²) < 4.78 is 66.9. The predicted molar refractivity (Wildman–Crippen MR) is 58.2 cm³/mol. The zero-order valence-corrected chi connectivity index (χ0v) is 11.2. The smallest absolute Gasteiger partial charge is 1.00 e. The molecule has 0 aromatic heterocycles. The number of methoxy groups -OCH3 is 1. The summed E-state index contributed by atoms with van der Waals surface area (Å²) in [6.07, 6.45) is -1.76. The van der Waals surface area contributed by atoms with Crippen LogP contribution in [0.1, 0.15) is 1.43 Å². The second-order valence-corrected chi connectivity index (χ2v) is 4.79. The molecular formula is C9H9F3LiNO5S. The van der Waals surface area contributed by atoms with E-state index in [1.54, 1.807) is 0 Å². The number of carbonyl (C=O) groups excluding carboxylic acids is 1. The second kappa shape index (κ2) is 6.87. The van der Waals surface area contributed by atoms with Gasteiger partial charge < -0.3 is 10.9 Å². The minimum atomic E-state index is -5.78. The Labute approximate surface area is 126 Å². The number of nitrogens with one attached hydrogen (secondary N) is 1. The van der Waals surface area contributed by atoms with E-state index >= 15 is 0 Å². The minimum Gasteiger partial charge on any atom is -1.00 e. The van der Waals surface area contributed by atoms with Crippen LogP contribution in [0.15, 0.2) is 24.3 Å². The molecule has 0 atom stereocenters. The van der Waals surface area contributed by atoms with Gasteiger partial charge in [0.2, 0.25) is 0 Å². The van der Waals surface area contributed by atoms with Gasteiger partial charge in [-0.25, -0.2) is 9.52 Å². The van der Waals surface area contributed by atoms with E-state index in [9.17, 15) is 26.4 Å². The summed E-state index contributed by atoms with van der Waals surface area (Å²) in [6.45, 7) is 0. The van der Waals surface area contributed by atoms with Crippen molar-refractivity contribution in [3.05, 3.63) is 24.3 Å². The van der Waals surface area contributed by atoms with E-state index in [0.717, 1.165) is 4.72 Å². The molecule has 0 fully saturated rings. The van der Waals surface area contributed by atoms with Crippen LogP contribution in [0.3, 0.4) is 0 Å². The molecule has 6 nitrogen and oxygen atoms in total. The van der Waals surface area contributed by atoms with E-state index in [-0.39, 0.29) is 26.0 Å². The summed E-state index contributed by atoms with van der Waals surface area (Å²) in [4.78, 5) is 11.0. The SMILES string of the molecule is COc1ccc(OC(=O)NS(=O)(=O)C(F)(F)F)cc1.[H-].[Li+]. The molecule has 1 aromatic carbocycles. The molecule has 0 aliphatic carbocycles. The number of amides is 1. The van der Waals surface area contributed by atoms with Crippen LogP contribution in [-0.4, -0.2) is 27.1 Å². The van der Waals surface area contributed by atoms with Gasteiger partial charge in [0, 0.05) is 0 Å². The molecule has 1 rings (SSSR count). The van der Waals surface area contributed by atoms with E-state index in [0.29, 0.717) is 5.75 Å². The maximum absolute atomic E-state index is 12.0. The van der Waals surface area contributed by atoms with Crippen molar-refractivity contribution in [2.45, 2.75) is 5.51 Å². The monoisotopic (exact) mass is 307 g/mol. The van der Waals surface area contributed by atoms with Gasteiger partial charge in [-0.15, -0.1) is 0 Å². The molecule has 1 N–H and O–H groups in total. The molecule has 0 spiro atoms. The molecule has 0 heterocycles. The zero-order chi connectivity index (χ0) is 14.7. The molecule has 0 bridgehead atoms. The molecule has 1 aromatic rings. The van der Waals surface area contributed by atoms with Crippen molar-refractivity contribution in [3.63, 3.8) is 0 Å². The average molecular weight is 307 g/mol. The van der Waals surface area contributed by atoms with Crippen molar-refractivity contribution in [2.24, 2.45) is 0 Å². The van der Waals surface area contributed by atoms with Crippen molar-refractivity contribution in [1.82, 2.24) is 4.72 Å². The minimum absolute atomic E-state index is 0. The van der Waals surface area contributed by atoms with Crippen LogP contribution < -0.4 is 33.1 Å². The zero-order valence-electron chi connectivity index (χ0n) is 11.4. The number of hydrogen-bond donors (Lipinski definition) is 1. The Balaban J connectivity index is 0. The van der Waals surface area contributed by atoms with Gasteiger partial charge in [0.1, 0.15) is 11.5 Å². The fraction of sp³-hybridized carbons (Fsp3) is 0.222. The third-order valence-corrected chi connectivity index (χ3v) is 2.84. The van der Waals surface area contributed by atoms with Crippen LogP contribution in [0, 0.1) is 0 Å². The van der Waals surface area contributed by atoms with E-state index in [1.165, 1.54) is 31.4 Å². The molecule has 0 saturated heterocycles. The van der Waals surface area contributed by atoms with Crippen LogP contribution >= 0.6 is 0 Å². The average Bonchev–Trinajstić information content (AvgIpc) is 2.27. The summed E-state index contributed by atoms with van der Waals surface area (Å²) in [6, 6.07) is 5.19. The third kappa shape index (κ3) is 4.95. The number of sulfonamides is 1. The van der Waals surface area contributed by atoms with Crippen molar-refractivity contribution in [2.75, 3.05) is 7.11 Å². The summed E-state index contributed by atoms with van der Waals surface area (Å²) in [5, 5.41) is 0. The second-order valence-electron chi connectivity index (χ2n) is 3.12. The molecule has 0 unspecified atom stereocenters.